The number of carbonyl (C=O) groups excluding carboxylic acids is 1. The van der Waals surface area contributed by atoms with E-state index in [1.165, 1.54) is 0 Å². The number of carbonyl (C=O) groups is 1. The lowest BCUT2D eigenvalue weighted by Gasteiger charge is -2.33. The predicted octanol–water partition coefficient (Wildman–Crippen LogP) is 2.05. The summed E-state index contributed by atoms with van der Waals surface area (Å²) in [4.78, 5) is 13.2. The zero-order chi connectivity index (χ0) is 13.8. The molecule has 2 rings (SSSR count). The summed E-state index contributed by atoms with van der Waals surface area (Å²) in [6.07, 6.45) is 1.94. The third-order valence-electron chi connectivity index (χ3n) is 3.83. The molecule has 4 heteroatoms. The van der Waals surface area contributed by atoms with Crippen molar-refractivity contribution >= 4 is 5.91 Å². The van der Waals surface area contributed by atoms with E-state index in [2.05, 4.69) is 12.2 Å². The Labute approximate surface area is 114 Å². The molecule has 0 saturated carbocycles. The molecule has 1 aliphatic heterocycles. The summed E-state index contributed by atoms with van der Waals surface area (Å²) in [6, 6.07) is 7.95. The van der Waals surface area contributed by atoms with Crippen LogP contribution in [0.3, 0.4) is 0 Å². The van der Waals surface area contributed by atoms with Gasteiger partial charge in [0.05, 0.1) is 0 Å². The van der Waals surface area contributed by atoms with E-state index in [9.17, 15) is 9.90 Å². The van der Waals surface area contributed by atoms with Crippen molar-refractivity contribution in [1.82, 2.24) is 10.2 Å². The molecule has 104 valence electrons. The molecule has 0 spiro atoms. The third kappa shape index (κ3) is 3.47. The zero-order valence-corrected chi connectivity index (χ0v) is 11.6. The largest absolute Gasteiger partial charge is 0.508 e. The SMILES string of the molecule is CC(=O)N1CCC(NC(C)c2ccccc2O)CC1. The Morgan fingerprint density at radius 1 is 1.37 bits per heavy atom. The van der Waals surface area contributed by atoms with Crippen LogP contribution in [0.1, 0.15) is 38.3 Å². The van der Waals surface area contributed by atoms with Crippen LogP contribution in [0.5, 0.6) is 5.75 Å². The van der Waals surface area contributed by atoms with Gasteiger partial charge < -0.3 is 15.3 Å². The smallest absolute Gasteiger partial charge is 0.219 e. The van der Waals surface area contributed by atoms with E-state index >= 15 is 0 Å². The average molecular weight is 262 g/mol. The number of phenols is 1. The standard InChI is InChI=1S/C15H22N2O2/c1-11(14-5-3-4-6-15(14)19)16-13-7-9-17(10-8-13)12(2)18/h3-6,11,13,16,19H,7-10H2,1-2H3. The number of hydrogen-bond donors (Lipinski definition) is 2. The van der Waals surface area contributed by atoms with Crippen molar-refractivity contribution in [2.24, 2.45) is 0 Å². The number of aromatic hydroxyl groups is 1. The molecule has 1 fully saturated rings. The summed E-state index contributed by atoms with van der Waals surface area (Å²) in [6.45, 7) is 5.33. The van der Waals surface area contributed by atoms with Crippen molar-refractivity contribution in [3.8, 4) is 5.75 Å². The second-order valence-corrected chi connectivity index (χ2v) is 5.23. The van der Waals surface area contributed by atoms with Crippen molar-refractivity contribution < 1.29 is 9.90 Å². The minimum Gasteiger partial charge on any atom is -0.508 e. The second kappa shape index (κ2) is 6.06. The number of rotatable bonds is 3. The van der Waals surface area contributed by atoms with Crippen molar-refractivity contribution in [3.63, 3.8) is 0 Å². The predicted molar refractivity (Wildman–Crippen MR) is 74.9 cm³/mol. The monoisotopic (exact) mass is 262 g/mol. The van der Waals surface area contributed by atoms with E-state index in [0.717, 1.165) is 31.5 Å². The molecular weight excluding hydrogens is 240 g/mol. The molecule has 1 saturated heterocycles. The first-order valence-electron chi connectivity index (χ1n) is 6.87. The van der Waals surface area contributed by atoms with Crippen molar-refractivity contribution in [1.29, 1.82) is 0 Å². The lowest BCUT2D eigenvalue weighted by atomic mass is 10.0. The molecule has 1 unspecified atom stereocenters. The molecule has 19 heavy (non-hydrogen) atoms. The van der Waals surface area contributed by atoms with Crippen LogP contribution < -0.4 is 5.32 Å². The fourth-order valence-corrected chi connectivity index (χ4v) is 2.66. The van der Waals surface area contributed by atoms with E-state index < -0.39 is 0 Å². The van der Waals surface area contributed by atoms with Crippen LogP contribution in [-0.2, 0) is 4.79 Å². The van der Waals surface area contributed by atoms with Crippen LogP contribution in [0, 0.1) is 0 Å². The molecule has 0 aromatic heterocycles. The average Bonchev–Trinajstić information content (AvgIpc) is 2.39. The summed E-state index contributed by atoms with van der Waals surface area (Å²) in [7, 11) is 0. The van der Waals surface area contributed by atoms with E-state index in [4.69, 9.17) is 0 Å². The van der Waals surface area contributed by atoms with Crippen LogP contribution >= 0.6 is 0 Å². The highest BCUT2D eigenvalue weighted by atomic mass is 16.3. The van der Waals surface area contributed by atoms with Crippen LogP contribution in [0.15, 0.2) is 24.3 Å². The summed E-state index contributed by atoms with van der Waals surface area (Å²) < 4.78 is 0. The van der Waals surface area contributed by atoms with Crippen molar-refractivity contribution in [2.75, 3.05) is 13.1 Å². The highest BCUT2D eigenvalue weighted by molar-refractivity contribution is 5.73. The van der Waals surface area contributed by atoms with Gasteiger partial charge in [-0.15, -0.1) is 0 Å². The lowest BCUT2D eigenvalue weighted by molar-refractivity contribution is -0.129. The number of amides is 1. The maximum absolute atomic E-state index is 11.3. The molecule has 1 atom stereocenters. The van der Waals surface area contributed by atoms with Crippen LogP contribution in [-0.4, -0.2) is 35.0 Å². The van der Waals surface area contributed by atoms with Gasteiger partial charge in [-0.05, 0) is 25.8 Å². The van der Waals surface area contributed by atoms with Gasteiger partial charge in [0.2, 0.25) is 5.91 Å². The maximum Gasteiger partial charge on any atom is 0.219 e. The zero-order valence-electron chi connectivity index (χ0n) is 11.6. The third-order valence-corrected chi connectivity index (χ3v) is 3.83. The first-order valence-corrected chi connectivity index (χ1v) is 6.87. The summed E-state index contributed by atoms with van der Waals surface area (Å²) in [5, 5.41) is 13.4. The molecule has 1 amide bonds. The maximum atomic E-state index is 11.3. The van der Waals surface area contributed by atoms with E-state index in [-0.39, 0.29) is 11.9 Å². The number of nitrogens with zero attached hydrogens (tertiary/aromatic N) is 1. The Balaban J connectivity index is 1.89. The fourth-order valence-electron chi connectivity index (χ4n) is 2.66. The minimum absolute atomic E-state index is 0.120. The Kier molecular flexibility index (Phi) is 4.43. The fraction of sp³-hybridized carbons (Fsp3) is 0.533. The Morgan fingerprint density at radius 3 is 2.58 bits per heavy atom. The van der Waals surface area contributed by atoms with Gasteiger partial charge in [-0.3, -0.25) is 4.79 Å². The lowest BCUT2D eigenvalue weighted by Crippen LogP contribution is -2.44. The van der Waals surface area contributed by atoms with Gasteiger partial charge in [-0.2, -0.15) is 0 Å². The highest BCUT2D eigenvalue weighted by Gasteiger charge is 2.22. The number of hydrogen-bond acceptors (Lipinski definition) is 3. The van der Waals surface area contributed by atoms with Gasteiger partial charge in [0.1, 0.15) is 5.75 Å². The molecular formula is C15H22N2O2. The Hall–Kier alpha value is -1.55. The molecule has 1 aliphatic rings. The molecule has 0 bridgehead atoms. The molecule has 1 aromatic carbocycles. The number of para-hydroxylation sites is 1. The summed E-state index contributed by atoms with van der Waals surface area (Å²) in [5.74, 6) is 0.496. The van der Waals surface area contributed by atoms with Gasteiger partial charge in [-0.1, -0.05) is 18.2 Å². The van der Waals surface area contributed by atoms with Crippen LogP contribution in [0.2, 0.25) is 0 Å². The number of phenolic OH excluding ortho intramolecular Hbond substituents is 1. The second-order valence-electron chi connectivity index (χ2n) is 5.23. The number of nitrogens with one attached hydrogen (secondary N) is 1. The Morgan fingerprint density at radius 2 is 2.00 bits per heavy atom. The van der Waals surface area contributed by atoms with Crippen molar-refractivity contribution in [3.05, 3.63) is 29.8 Å². The summed E-state index contributed by atoms with van der Waals surface area (Å²) in [5.41, 5.74) is 0.927. The molecule has 1 aromatic rings. The number of likely N-dealkylation sites (tertiary alicyclic amines) is 1. The van der Waals surface area contributed by atoms with Crippen LogP contribution in [0.4, 0.5) is 0 Å². The number of piperidine rings is 1. The van der Waals surface area contributed by atoms with Gasteiger partial charge in [0.25, 0.3) is 0 Å². The molecule has 0 radical (unpaired) electrons. The summed E-state index contributed by atoms with van der Waals surface area (Å²) >= 11 is 0. The first-order chi connectivity index (χ1) is 9.08. The molecule has 4 nitrogen and oxygen atoms in total. The van der Waals surface area contributed by atoms with Gasteiger partial charge in [-0.25, -0.2) is 0 Å². The highest BCUT2D eigenvalue weighted by Crippen LogP contribution is 2.24. The number of benzene rings is 1. The molecule has 0 aliphatic carbocycles. The van der Waals surface area contributed by atoms with Crippen LogP contribution in [0.25, 0.3) is 0 Å². The quantitative estimate of drug-likeness (QED) is 0.876. The molecule has 1 heterocycles. The van der Waals surface area contributed by atoms with Gasteiger partial charge in [0.15, 0.2) is 0 Å². The minimum atomic E-state index is 0.120. The van der Waals surface area contributed by atoms with Gasteiger partial charge >= 0.3 is 0 Å². The van der Waals surface area contributed by atoms with E-state index in [1.807, 2.05) is 23.1 Å². The molecule has 2 N–H and O–H groups in total. The van der Waals surface area contributed by atoms with E-state index in [1.54, 1.807) is 13.0 Å². The first kappa shape index (κ1) is 13.9. The normalized spacial score (nSPS) is 18.3. The van der Waals surface area contributed by atoms with Gasteiger partial charge in [0, 0.05) is 37.7 Å². The van der Waals surface area contributed by atoms with E-state index in [0.29, 0.717) is 11.8 Å². The van der Waals surface area contributed by atoms with Crippen molar-refractivity contribution in [2.45, 2.75) is 38.8 Å². The Bertz CT molecular complexity index is 440. The topological polar surface area (TPSA) is 52.6 Å².